The van der Waals surface area contributed by atoms with Gasteiger partial charge in [-0.15, -0.1) is 0 Å². The molecule has 0 radical (unpaired) electrons. The highest BCUT2D eigenvalue weighted by Gasteiger charge is 2.51. The Hall–Kier alpha value is -2.56. The van der Waals surface area contributed by atoms with Crippen molar-refractivity contribution in [3.05, 3.63) is 53.8 Å². The fraction of sp³-hybridized carbons (Fsp3) is 0.316. The summed E-state index contributed by atoms with van der Waals surface area (Å²) >= 11 is 0. The SMILES string of the molecule is CC1(C)Oc2ccc(NC(=O)C3(c4ccc(F)cc4)CC3)cc2O1. The quantitative estimate of drug-likeness (QED) is 0.927. The van der Waals surface area contributed by atoms with Gasteiger partial charge in [0.15, 0.2) is 11.5 Å². The molecule has 1 aliphatic carbocycles. The first kappa shape index (κ1) is 15.0. The Bertz CT molecular complexity index is 810. The second-order valence-electron chi connectivity index (χ2n) is 6.81. The summed E-state index contributed by atoms with van der Waals surface area (Å²) in [5.41, 5.74) is 0.959. The number of hydrogen-bond donors (Lipinski definition) is 1. The molecular weight excluding hydrogens is 309 g/mol. The Morgan fingerprint density at radius 1 is 1.04 bits per heavy atom. The fourth-order valence-electron chi connectivity index (χ4n) is 3.09. The van der Waals surface area contributed by atoms with Crippen molar-refractivity contribution >= 4 is 11.6 Å². The molecule has 1 N–H and O–H groups in total. The molecule has 0 aromatic heterocycles. The minimum absolute atomic E-state index is 0.0766. The predicted octanol–water partition coefficient (Wildman–Crippen LogP) is 4.00. The van der Waals surface area contributed by atoms with Gasteiger partial charge in [-0.2, -0.15) is 0 Å². The van der Waals surface area contributed by atoms with Gasteiger partial charge in [-0.25, -0.2) is 4.39 Å². The predicted molar refractivity (Wildman–Crippen MR) is 87.7 cm³/mol. The number of hydrogen-bond acceptors (Lipinski definition) is 3. The number of anilines is 1. The Morgan fingerprint density at radius 3 is 2.38 bits per heavy atom. The van der Waals surface area contributed by atoms with E-state index in [1.54, 1.807) is 30.3 Å². The topological polar surface area (TPSA) is 47.6 Å². The number of carbonyl (C=O) groups excluding carboxylic acids is 1. The number of amides is 1. The van der Waals surface area contributed by atoms with E-state index in [9.17, 15) is 9.18 Å². The van der Waals surface area contributed by atoms with Crippen LogP contribution in [0.1, 0.15) is 32.3 Å². The number of benzene rings is 2. The molecule has 2 aromatic carbocycles. The van der Waals surface area contributed by atoms with Crippen LogP contribution in [0.2, 0.25) is 0 Å². The molecule has 4 rings (SSSR count). The summed E-state index contributed by atoms with van der Waals surface area (Å²) in [6.45, 7) is 3.66. The van der Waals surface area contributed by atoms with Crippen molar-refractivity contribution in [2.24, 2.45) is 0 Å². The van der Waals surface area contributed by atoms with Crippen molar-refractivity contribution in [3.8, 4) is 11.5 Å². The van der Waals surface area contributed by atoms with E-state index in [0.717, 1.165) is 18.4 Å². The molecular formula is C19H18FNO3. The zero-order valence-electron chi connectivity index (χ0n) is 13.6. The third-order valence-corrected chi connectivity index (χ3v) is 4.49. The molecule has 4 nitrogen and oxygen atoms in total. The summed E-state index contributed by atoms with van der Waals surface area (Å²) in [5.74, 6) is 0.208. The smallest absolute Gasteiger partial charge is 0.246 e. The van der Waals surface area contributed by atoms with Crippen LogP contribution < -0.4 is 14.8 Å². The molecule has 0 spiro atoms. The van der Waals surface area contributed by atoms with Crippen molar-refractivity contribution < 1.29 is 18.7 Å². The van der Waals surface area contributed by atoms with Crippen LogP contribution in [0.25, 0.3) is 0 Å². The first-order valence-corrected chi connectivity index (χ1v) is 7.98. The first-order valence-electron chi connectivity index (χ1n) is 7.98. The maximum atomic E-state index is 13.1. The molecule has 124 valence electrons. The molecule has 2 aromatic rings. The molecule has 1 heterocycles. The van der Waals surface area contributed by atoms with Crippen LogP contribution in [0, 0.1) is 5.82 Å². The molecule has 1 amide bonds. The van der Waals surface area contributed by atoms with Gasteiger partial charge in [-0.1, -0.05) is 12.1 Å². The number of halogens is 1. The van der Waals surface area contributed by atoms with Crippen LogP contribution in [-0.2, 0) is 10.2 Å². The highest BCUT2D eigenvalue weighted by Crippen LogP contribution is 2.49. The van der Waals surface area contributed by atoms with Crippen molar-refractivity contribution in [1.82, 2.24) is 0 Å². The van der Waals surface area contributed by atoms with Gasteiger partial charge >= 0.3 is 0 Å². The number of ether oxygens (including phenoxy) is 2. The highest BCUT2D eigenvalue weighted by atomic mass is 19.1. The van der Waals surface area contributed by atoms with Crippen LogP contribution >= 0.6 is 0 Å². The van der Waals surface area contributed by atoms with Gasteiger partial charge in [0.1, 0.15) is 5.82 Å². The van der Waals surface area contributed by atoms with Gasteiger partial charge in [0.05, 0.1) is 5.41 Å². The summed E-state index contributed by atoms with van der Waals surface area (Å²) in [7, 11) is 0. The van der Waals surface area contributed by atoms with Crippen LogP contribution in [0.5, 0.6) is 11.5 Å². The maximum Gasteiger partial charge on any atom is 0.246 e. The van der Waals surface area contributed by atoms with Crippen LogP contribution in [-0.4, -0.2) is 11.7 Å². The molecule has 1 fully saturated rings. The highest BCUT2D eigenvalue weighted by molar-refractivity contribution is 6.01. The molecule has 5 heteroatoms. The standard InChI is InChI=1S/C19H18FNO3/c1-18(2)23-15-8-7-14(11-16(15)24-18)21-17(22)19(9-10-19)12-3-5-13(20)6-4-12/h3-8,11H,9-10H2,1-2H3,(H,21,22). The van der Waals surface area contributed by atoms with Gasteiger partial charge in [0.25, 0.3) is 0 Å². The summed E-state index contributed by atoms with van der Waals surface area (Å²) in [5, 5.41) is 2.95. The molecule has 0 unspecified atom stereocenters. The van der Waals surface area contributed by atoms with E-state index in [4.69, 9.17) is 9.47 Å². The van der Waals surface area contributed by atoms with Gasteiger partial charge in [0.2, 0.25) is 11.7 Å². The lowest BCUT2D eigenvalue weighted by atomic mass is 9.95. The molecule has 0 saturated heterocycles. The lowest BCUT2D eigenvalue weighted by molar-refractivity contribution is -0.118. The van der Waals surface area contributed by atoms with E-state index in [1.807, 2.05) is 13.8 Å². The average Bonchev–Trinajstić information content (AvgIpc) is 3.26. The number of nitrogens with one attached hydrogen (secondary N) is 1. The second-order valence-corrected chi connectivity index (χ2v) is 6.81. The largest absolute Gasteiger partial charge is 0.449 e. The van der Waals surface area contributed by atoms with Crippen molar-refractivity contribution in [1.29, 1.82) is 0 Å². The fourth-order valence-corrected chi connectivity index (χ4v) is 3.09. The van der Waals surface area contributed by atoms with E-state index >= 15 is 0 Å². The Balaban J connectivity index is 1.54. The summed E-state index contributed by atoms with van der Waals surface area (Å²) in [6.07, 6.45) is 1.53. The third-order valence-electron chi connectivity index (χ3n) is 4.49. The lowest BCUT2D eigenvalue weighted by Gasteiger charge is -2.16. The maximum absolute atomic E-state index is 13.1. The van der Waals surface area contributed by atoms with Crippen molar-refractivity contribution in [3.63, 3.8) is 0 Å². The minimum Gasteiger partial charge on any atom is -0.449 e. The van der Waals surface area contributed by atoms with E-state index in [2.05, 4.69) is 5.32 Å². The first-order chi connectivity index (χ1) is 11.4. The molecule has 0 atom stereocenters. The monoisotopic (exact) mass is 327 g/mol. The van der Waals surface area contributed by atoms with Crippen molar-refractivity contribution in [2.75, 3.05) is 5.32 Å². The van der Waals surface area contributed by atoms with E-state index < -0.39 is 11.2 Å². The Morgan fingerprint density at radius 2 is 1.71 bits per heavy atom. The zero-order chi connectivity index (χ0) is 16.9. The van der Waals surface area contributed by atoms with E-state index in [1.165, 1.54) is 12.1 Å². The van der Waals surface area contributed by atoms with Crippen LogP contribution in [0.15, 0.2) is 42.5 Å². The van der Waals surface area contributed by atoms with Gasteiger partial charge in [-0.05, 0) is 42.7 Å². The normalized spacial score (nSPS) is 19.0. The lowest BCUT2D eigenvalue weighted by Crippen LogP contribution is -2.29. The Labute approximate surface area is 139 Å². The number of fused-ring (bicyclic) bond motifs is 1. The van der Waals surface area contributed by atoms with E-state index in [-0.39, 0.29) is 11.7 Å². The van der Waals surface area contributed by atoms with E-state index in [0.29, 0.717) is 17.2 Å². The average molecular weight is 327 g/mol. The molecule has 1 aliphatic heterocycles. The summed E-state index contributed by atoms with van der Waals surface area (Å²) in [4.78, 5) is 12.7. The number of rotatable bonds is 3. The molecule has 24 heavy (non-hydrogen) atoms. The second kappa shape index (κ2) is 4.97. The Kier molecular flexibility index (Phi) is 3.10. The number of carbonyl (C=O) groups is 1. The minimum atomic E-state index is -0.698. The molecule has 0 bridgehead atoms. The molecule has 2 aliphatic rings. The third kappa shape index (κ3) is 2.50. The summed E-state index contributed by atoms with van der Waals surface area (Å²) in [6, 6.07) is 11.5. The molecule has 1 saturated carbocycles. The van der Waals surface area contributed by atoms with Crippen molar-refractivity contribution in [2.45, 2.75) is 37.9 Å². The van der Waals surface area contributed by atoms with Gasteiger partial charge < -0.3 is 14.8 Å². The van der Waals surface area contributed by atoms with Crippen LogP contribution in [0.3, 0.4) is 0 Å². The van der Waals surface area contributed by atoms with Gasteiger partial charge in [-0.3, -0.25) is 4.79 Å². The van der Waals surface area contributed by atoms with Crippen LogP contribution in [0.4, 0.5) is 10.1 Å². The zero-order valence-corrected chi connectivity index (χ0v) is 13.6. The van der Waals surface area contributed by atoms with Gasteiger partial charge in [0, 0.05) is 25.6 Å². The summed E-state index contributed by atoms with van der Waals surface area (Å²) < 4.78 is 24.5.